The molecule has 1 aromatic heterocycles. The highest BCUT2D eigenvalue weighted by atomic mass is 19.1. The molecule has 6 nitrogen and oxygen atoms in total. The van der Waals surface area contributed by atoms with Gasteiger partial charge >= 0.3 is 0 Å². The fraction of sp³-hybridized carbons (Fsp3) is 0.0556. The van der Waals surface area contributed by atoms with Crippen molar-refractivity contribution in [3.8, 4) is 17.0 Å². The van der Waals surface area contributed by atoms with Crippen molar-refractivity contribution in [1.29, 1.82) is 0 Å². The van der Waals surface area contributed by atoms with Crippen LogP contribution in [0.25, 0.3) is 11.3 Å². The van der Waals surface area contributed by atoms with Crippen LogP contribution < -0.4 is 15.8 Å². The molecule has 0 atom stereocenters. The number of amides is 1. The standard InChI is InChI=1S/C18H13F3N4O2/c1-27-16-8-13(21)15(7-11(16)17(22)26)25-18-23-5-4-14(24-18)10-3-2-9(19)6-12(10)20/h2-8H,1H3,(H2,22,26)(H,23,24,25). The summed E-state index contributed by atoms with van der Waals surface area (Å²) < 4.78 is 46.2. The van der Waals surface area contributed by atoms with Crippen LogP contribution in [0.3, 0.4) is 0 Å². The monoisotopic (exact) mass is 374 g/mol. The van der Waals surface area contributed by atoms with Crippen molar-refractivity contribution in [3.63, 3.8) is 0 Å². The van der Waals surface area contributed by atoms with E-state index in [-0.39, 0.29) is 34.2 Å². The zero-order valence-corrected chi connectivity index (χ0v) is 14.0. The van der Waals surface area contributed by atoms with Crippen LogP contribution in [-0.4, -0.2) is 23.0 Å². The Morgan fingerprint density at radius 1 is 1.11 bits per heavy atom. The van der Waals surface area contributed by atoms with Gasteiger partial charge in [0.2, 0.25) is 5.95 Å². The van der Waals surface area contributed by atoms with Gasteiger partial charge in [0.15, 0.2) is 0 Å². The second-order valence-corrected chi connectivity index (χ2v) is 5.41. The molecular weight excluding hydrogens is 361 g/mol. The van der Waals surface area contributed by atoms with Crippen LogP contribution in [0.15, 0.2) is 42.6 Å². The Balaban J connectivity index is 1.97. The van der Waals surface area contributed by atoms with Gasteiger partial charge in [0, 0.05) is 23.9 Å². The minimum absolute atomic E-state index is 0.0198. The highest BCUT2D eigenvalue weighted by Crippen LogP contribution is 2.28. The Hall–Kier alpha value is -3.62. The summed E-state index contributed by atoms with van der Waals surface area (Å²) in [7, 11) is 1.28. The lowest BCUT2D eigenvalue weighted by Gasteiger charge is -2.11. The van der Waals surface area contributed by atoms with E-state index in [4.69, 9.17) is 10.5 Å². The van der Waals surface area contributed by atoms with Crippen molar-refractivity contribution in [2.45, 2.75) is 0 Å². The third-order valence-electron chi connectivity index (χ3n) is 3.66. The molecule has 1 heterocycles. The number of nitrogens with one attached hydrogen (secondary N) is 1. The Bertz CT molecular complexity index is 1030. The molecule has 0 spiro atoms. The van der Waals surface area contributed by atoms with E-state index in [1.807, 2.05) is 0 Å². The van der Waals surface area contributed by atoms with Crippen molar-refractivity contribution in [2.75, 3.05) is 12.4 Å². The van der Waals surface area contributed by atoms with E-state index < -0.39 is 23.4 Å². The van der Waals surface area contributed by atoms with E-state index in [1.165, 1.54) is 25.4 Å². The van der Waals surface area contributed by atoms with Gasteiger partial charge in [-0.15, -0.1) is 0 Å². The molecule has 0 radical (unpaired) electrons. The summed E-state index contributed by atoms with van der Waals surface area (Å²) in [6.45, 7) is 0. The Kier molecular flexibility index (Phi) is 4.93. The van der Waals surface area contributed by atoms with Gasteiger partial charge in [-0.05, 0) is 24.3 Å². The maximum Gasteiger partial charge on any atom is 0.252 e. The molecule has 0 saturated heterocycles. The molecule has 138 valence electrons. The van der Waals surface area contributed by atoms with Crippen molar-refractivity contribution in [3.05, 3.63) is 65.6 Å². The zero-order chi connectivity index (χ0) is 19.6. The molecule has 0 aliphatic heterocycles. The number of ether oxygens (including phenoxy) is 1. The van der Waals surface area contributed by atoms with Gasteiger partial charge in [0.25, 0.3) is 5.91 Å². The molecule has 2 aromatic carbocycles. The van der Waals surface area contributed by atoms with Gasteiger partial charge in [-0.1, -0.05) is 0 Å². The first kappa shape index (κ1) is 18.2. The third kappa shape index (κ3) is 3.81. The number of aromatic nitrogens is 2. The average Bonchev–Trinajstić information content (AvgIpc) is 2.63. The third-order valence-corrected chi connectivity index (χ3v) is 3.66. The Labute approximate surface area is 151 Å². The number of benzene rings is 2. The Morgan fingerprint density at radius 2 is 1.89 bits per heavy atom. The van der Waals surface area contributed by atoms with Crippen molar-refractivity contribution >= 4 is 17.5 Å². The highest BCUT2D eigenvalue weighted by Gasteiger charge is 2.16. The maximum atomic E-state index is 14.2. The first-order chi connectivity index (χ1) is 12.9. The van der Waals surface area contributed by atoms with E-state index in [2.05, 4.69) is 15.3 Å². The number of nitrogens with zero attached hydrogens (tertiary/aromatic N) is 2. The van der Waals surface area contributed by atoms with Crippen molar-refractivity contribution in [2.24, 2.45) is 5.73 Å². The van der Waals surface area contributed by atoms with Gasteiger partial charge in [0.05, 0.1) is 24.1 Å². The molecule has 3 N–H and O–H groups in total. The second kappa shape index (κ2) is 7.32. The van der Waals surface area contributed by atoms with Gasteiger partial charge in [0.1, 0.15) is 23.2 Å². The van der Waals surface area contributed by atoms with E-state index >= 15 is 0 Å². The normalized spacial score (nSPS) is 10.5. The lowest BCUT2D eigenvalue weighted by atomic mass is 10.1. The fourth-order valence-electron chi connectivity index (χ4n) is 2.40. The molecule has 0 aliphatic carbocycles. The fourth-order valence-corrected chi connectivity index (χ4v) is 2.40. The number of rotatable bonds is 5. The quantitative estimate of drug-likeness (QED) is 0.714. The van der Waals surface area contributed by atoms with E-state index in [0.717, 1.165) is 24.3 Å². The first-order valence-corrected chi connectivity index (χ1v) is 7.62. The highest BCUT2D eigenvalue weighted by molar-refractivity contribution is 5.96. The van der Waals surface area contributed by atoms with Gasteiger partial charge < -0.3 is 15.8 Å². The van der Waals surface area contributed by atoms with Crippen LogP contribution in [0.5, 0.6) is 5.75 Å². The van der Waals surface area contributed by atoms with Crippen LogP contribution in [0.1, 0.15) is 10.4 Å². The molecule has 1 amide bonds. The topological polar surface area (TPSA) is 90.1 Å². The zero-order valence-electron chi connectivity index (χ0n) is 14.0. The molecular formula is C18H13F3N4O2. The number of carbonyl (C=O) groups excluding carboxylic acids is 1. The molecule has 0 saturated carbocycles. The summed E-state index contributed by atoms with van der Waals surface area (Å²) >= 11 is 0. The van der Waals surface area contributed by atoms with Crippen LogP contribution in [0, 0.1) is 17.5 Å². The summed E-state index contributed by atoms with van der Waals surface area (Å²) in [4.78, 5) is 19.5. The lowest BCUT2D eigenvalue weighted by Crippen LogP contribution is -2.13. The average molecular weight is 374 g/mol. The second-order valence-electron chi connectivity index (χ2n) is 5.41. The SMILES string of the molecule is COc1cc(F)c(Nc2nccc(-c3ccc(F)cc3F)n2)cc1C(N)=O. The molecule has 9 heteroatoms. The van der Waals surface area contributed by atoms with E-state index in [9.17, 15) is 18.0 Å². The molecule has 3 aromatic rings. The van der Waals surface area contributed by atoms with E-state index in [1.54, 1.807) is 0 Å². The van der Waals surface area contributed by atoms with E-state index in [0.29, 0.717) is 0 Å². The summed E-state index contributed by atoms with van der Waals surface area (Å²) in [5, 5.41) is 2.60. The predicted octanol–water partition coefficient (Wildman–Crippen LogP) is 3.41. The summed E-state index contributed by atoms with van der Waals surface area (Å²) in [6.07, 6.45) is 1.32. The van der Waals surface area contributed by atoms with Crippen molar-refractivity contribution < 1.29 is 22.7 Å². The number of hydrogen-bond acceptors (Lipinski definition) is 5. The number of nitrogens with two attached hydrogens (primary N) is 1. The summed E-state index contributed by atoms with van der Waals surface area (Å²) in [5.41, 5.74) is 5.31. The number of anilines is 2. The van der Waals surface area contributed by atoms with Crippen LogP contribution in [0.4, 0.5) is 24.8 Å². The number of methoxy groups -OCH3 is 1. The van der Waals surface area contributed by atoms with Crippen LogP contribution >= 0.6 is 0 Å². The number of hydrogen-bond donors (Lipinski definition) is 2. The maximum absolute atomic E-state index is 14.2. The lowest BCUT2D eigenvalue weighted by molar-refractivity contribution is 0.0997. The van der Waals surface area contributed by atoms with Crippen molar-refractivity contribution in [1.82, 2.24) is 9.97 Å². The molecule has 3 rings (SSSR count). The number of carbonyl (C=O) groups is 1. The van der Waals surface area contributed by atoms with Gasteiger partial charge in [-0.25, -0.2) is 23.1 Å². The minimum atomic E-state index is -0.807. The molecule has 27 heavy (non-hydrogen) atoms. The largest absolute Gasteiger partial charge is 0.496 e. The van der Waals surface area contributed by atoms with Gasteiger partial charge in [-0.3, -0.25) is 4.79 Å². The molecule has 0 aliphatic rings. The smallest absolute Gasteiger partial charge is 0.252 e. The summed E-state index contributed by atoms with van der Waals surface area (Å²) in [6, 6.07) is 6.62. The molecule has 0 unspecified atom stereocenters. The molecule has 0 bridgehead atoms. The minimum Gasteiger partial charge on any atom is -0.496 e. The van der Waals surface area contributed by atoms with Crippen LogP contribution in [-0.2, 0) is 0 Å². The predicted molar refractivity (Wildman–Crippen MR) is 92.1 cm³/mol. The summed E-state index contributed by atoms with van der Waals surface area (Å²) in [5.74, 6) is -3.14. The Morgan fingerprint density at radius 3 is 2.56 bits per heavy atom. The van der Waals surface area contributed by atoms with Gasteiger partial charge in [-0.2, -0.15) is 0 Å². The van der Waals surface area contributed by atoms with Crippen LogP contribution in [0.2, 0.25) is 0 Å². The first-order valence-electron chi connectivity index (χ1n) is 7.62. The molecule has 0 fully saturated rings. The number of primary amides is 1. The number of halogens is 3.